The highest BCUT2D eigenvalue weighted by Gasteiger charge is 2.18. The van der Waals surface area contributed by atoms with Crippen LogP contribution in [0.25, 0.3) is 0 Å². The van der Waals surface area contributed by atoms with Gasteiger partial charge < -0.3 is 11.1 Å². The third kappa shape index (κ3) is 3.33. The van der Waals surface area contributed by atoms with Gasteiger partial charge in [-0.2, -0.15) is 0 Å². The number of rotatable bonds is 4. The number of carbonyl (C=O) groups is 1. The Morgan fingerprint density at radius 2 is 1.94 bits per heavy atom. The quantitative estimate of drug-likeness (QED) is 0.857. The van der Waals surface area contributed by atoms with Crippen molar-refractivity contribution in [2.45, 2.75) is 45.2 Å². The van der Waals surface area contributed by atoms with E-state index in [4.69, 9.17) is 5.73 Å². The topological polar surface area (TPSA) is 55.1 Å². The third-order valence-electron chi connectivity index (χ3n) is 3.88. The zero-order chi connectivity index (χ0) is 13.0. The Morgan fingerprint density at radius 1 is 1.28 bits per heavy atom. The molecule has 0 bridgehead atoms. The molecule has 18 heavy (non-hydrogen) atoms. The molecule has 0 heterocycles. The molecule has 1 aromatic rings. The molecule has 1 aromatic carbocycles. The highest BCUT2D eigenvalue weighted by Crippen LogP contribution is 2.23. The van der Waals surface area contributed by atoms with Crippen LogP contribution >= 0.6 is 0 Å². The smallest absolute Gasteiger partial charge is 0.249 e. The maximum atomic E-state index is 11.3. The molecule has 1 fully saturated rings. The van der Waals surface area contributed by atoms with E-state index in [0.29, 0.717) is 11.6 Å². The van der Waals surface area contributed by atoms with Crippen molar-refractivity contribution in [3.8, 4) is 0 Å². The van der Waals surface area contributed by atoms with Gasteiger partial charge >= 0.3 is 0 Å². The van der Waals surface area contributed by atoms with Gasteiger partial charge in [0, 0.05) is 18.2 Å². The average Bonchev–Trinajstić information content (AvgIpc) is 2.38. The summed E-state index contributed by atoms with van der Waals surface area (Å²) < 4.78 is 0. The summed E-state index contributed by atoms with van der Waals surface area (Å²) in [5, 5.41) is 3.55. The Bertz CT molecular complexity index is 409. The molecule has 3 nitrogen and oxygen atoms in total. The van der Waals surface area contributed by atoms with Crippen LogP contribution in [0.1, 0.15) is 48.5 Å². The lowest BCUT2D eigenvalue weighted by Gasteiger charge is -2.27. The van der Waals surface area contributed by atoms with Crippen molar-refractivity contribution in [1.29, 1.82) is 0 Å². The Kier molecular flexibility index (Phi) is 4.37. The highest BCUT2D eigenvalue weighted by molar-refractivity contribution is 5.94. The van der Waals surface area contributed by atoms with Gasteiger partial charge in [0.2, 0.25) is 5.91 Å². The number of primary amides is 1. The van der Waals surface area contributed by atoms with Crippen LogP contribution in [0.2, 0.25) is 0 Å². The molecular weight excluding hydrogens is 224 g/mol. The Morgan fingerprint density at radius 3 is 2.61 bits per heavy atom. The van der Waals surface area contributed by atoms with Gasteiger partial charge in [0.15, 0.2) is 0 Å². The molecule has 0 spiro atoms. The first-order valence-corrected chi connectivity index (χ1v) is 6.78. The average molecular weight is 246 g/mol. The molecule has 1 aliphatic rings. The van der Waals surface area contributed by atoms with E-state index >= 15 is 0 Å². The van der Waals surface area contributed by atoms with Gasteiger partial charge in [-0.3, -0.25) is 4.79 Å². The zero-order valence-electron chi connectivity index (χ0n) is 11.0. The molecule has 98 valence electrons. The van der Waals surface area contributed by atoms with Crippen molar-refractivity contribution in [1.82, 2.24) is 5.32 Å². The molecule has 1 amide bonds. The fourth-order valence-electron chi connectivity index (χ4n) is 2.63. The monoisotopic (exact) mass is 246 g/mol. The number of nitrogens with one attached hydrogen (secondary N) is 1. The maximum Gasteiger partial charge on any atom is 0.249 e. The van der Waals surface area contributed by atoms with Crippen LogP contribution in [0.3, 0.4) is 0 Å². The van der Waals surface area contributed by atoms with E-state index < -0.39 is 0 Å². The lowest BCUT2D eigenvalue weighted by atomic mass is 9.87. The first-order chi connectivity index (χ1) is 8.66. The van der Waals surface area contributed by atoms with Gasteiger partial charge in [-0.15, -0.1) is 0 Å². The minimum Gasteiger partial charge on any atom is -0.366 e. The Hall–Kier alpha value is -1.35. The molecule has 0 aliphatic heterocycles. The van der Waals surface area contributed by atoms with Gasteiger partial charge in [0.1, 0.15) is 0 Å². The summed E-state index contributed by atoms with van der Waals surface area (Å²) in [5.41, 5.74) is 7.01. The van der Waals surface area contributed by atoms with E-state index in [1.807, 2.05) is 18.2 Å². The Balaban J connectivity index is 1.92. The minimum atomic E-state index is -0.343. The second-order valence-electron chi connectivity index (χ2n) is 5.36. The molecule has 0 unspecified atom stereocenters. The predicted molar refractivity (Wildman–Crippen MR) is 73.2 cm³/mol. The molecule has 3 heteroatoms. The second kappa shape index (κ2) is 6.01. The first kappa shape index (κ1) is 13.1. The second-order valence-corrected chi connectivity index (χ2v) is 5.36. The number of benzene rings is 1. The third-order valence-corrected chi connectivity index (χ3v) is 3.88. The predicted octanol–water partition coefficient (Wildman–Crippen LogP) is 2.45. The normalized spacial score (nSPS) is 23.8. The lowest BCUT2D eigenvalue weighted by molar-refractivity contribution is 0.0999. The van der Waals surface area contributed by atoms with Crippen molar-refractivity contribution >= 4 is 5.91 Å². The molecule has 0 aromatic heterocycles. The summed E-state index contributed by atoms with van der Waals surface area (Å²) in [7, 11) is 0. The van der Waals surface area contributed by atoms with Gasteiger partial charge in [0.25, 0.3) is 0 Å². The van der Waals surface area contributed by atoms with Crippen molar-refractivity contribution in [2.75, 3.05) is 0 Å². The van der Waals surface area contributed by atoms with Crippen LogP contribution in [0.15, 0.2) is 24.3 Å². The summed E-state index contributed by atoms with van der Waals surface area (Å²) in [6.45, 7) is 3.05. The number of hydrogen-bond acceptors (Lipinski definition) is 2. The number of carbonyl (C=O) groups excluding carboxylic acids is 1. The summed E-state index contributed by atoms with van der Waals surface area (Å²) in [4.78, 5) is 11.3. The summed E-state index contributed by atoms with van der Waals surface area (Å²) in [6.07, 6.45) is 5.07. The molecular formula is C15H22N2O. The molecule has 0 atom stereocenters. The fourth-order valence-corrected chi connectivity index (χ4v) is 2.63. The van der Waals surface area contributed by atoms with E-state index in [-0.39, 0.29) is 5.91 Å². The summed E-state index contributed by atoms with van der Waals surface area (Å²) in [5.74, 6) is 0.519. The van der Waals surface area contributed by atoms with E-state index in [9.17, 15) is 4.79 Å². The molecule has 0 saturated heterocycles. The molecule has 1 saturated carbocycles. The number of nitrogens with two attached hydrogens (primary N) is 1. The highest BCUT2D eigenvalue weighted by atomic mass is 16.1. The van der Waals surface area contributed by atoms with Gasteiger partial charge in [0.05, 0.1) is 0 Å². The first-order valence-electron chi connectivity index (χ1n) is 6.78. The van der Waals surface area contributed by atoms with E-state index in [1.54, 1.807) is 6.07 Å². The summed E-state index contributed by atoms with van der Waals surface area (Å²) >= 11 is 0. The van der Waals surface area contributed by atoms with Crippen molar-refractivity contribution in [3.63, 3.8) is 0 Å². The van der Waals surface area contributed by atoms with Crippen LogP contribution in [0.5, 0.6) is 0 Å². The molecule has 1 aliphatic carbocycles. The largest absolute Gasteiger partial charge is 0.366 e. The van der Waals surface area contributed by atoms with E-state index in [0.717, 1.165) is 18.0 Å². The maximum absolute atomic E-state index is 11.3. The summed E-state index contributed by atoms with van der Waals surface area (Å²) in [6, 6.07) is 8.15. The minimum absolute atomic E-state index is 0.343. The van der Waals surface area contributed by atoms with Crippen LogP contribution in [0.4, 0.5) is 0 Å². The molecule has 3 N–H and O–H groups in total. The SMILES string of the molecule is CC1CCC(NCc2ccccc2C(N)=O)CC1. The lowest BCUT2D eigenvalue weighted by Crippen LogP contribution is -2.32. The number of hydrogen-bond donors (Lipinski definition) is 2. The standard InChI is InChI=1S/C15H22N2O/c1-11-6-8-13(9-7-11)17-10-12-4-2-3-5-14(12)15(16)18/h2-5,11,13,17H,6-10H2,1H3,(H2,16,18). The van der Waals surface area contributed by atoms with Crippen LogP contribution in [0, 0.1) is 5.92 Å². The van der Waals surface area contributed by atoms with Crippen LogP contribution < -0.4 is 11.1 Å². The van der Waals surface area contributed by atoms with Crippen LogP contribution in [-0.4, -0.2) is 11.9 Å². The zero-order valence-corrected chi connectivity index (χ0v) is 11.0. The molecule has 2 rings (SSSR count). The molecule has 0 radical (unpaired) electrons. The van der Waals surface area contributed by atoms with Crippen molar-refractivity contribution in [3.05, 3.63) is 35.4 Å². The fraction of sp³-hybridized carbons (Fsp3) is 0.533. The number of amides is 1. The Labute approximate surface area is 109 Å². The van der Waals surface area contributed by atoms with Gasteiger partial charge in [-0.05, 0) is 43.2 Å². The van der Waals surface area contributed by atoms with E-state index in [1.165, 1.54) is 25.7 Å². The van der Waals surface area contributed by atoms with Crippen molar-refractivity contribution < 1.29 is 4.79 Å². The van der Waals surface area contributed by atoms with Crippen molar-refractivity contribution in [2.24, 2.45) is 11.7 Å². The van der Waals surface area contributed by atoms with Gasteiger partial charge in [-0.1, -0.05) is 25.1 Å². The van der Waals surface area contributed by atoms with Crippen LogP contribution in [-0.2, 0) is 6.54 Å². The van der Waals surface area contributed by atoms with E-state index in [2.05, 4.69) is 12.2 Å². The van der Waals surface area contributed by atoms with Gasteiger partial charge in [-0.25, -0.2) is 0 Å².